The molecule has 1 atom stereocenters. The zero-order valence-electron chi connectivity index (χ0n) is 24.8. The minimum absolute atomic E-state index is 0.230. The molecule has 250 valence electrons. The Morgan fingerprint density at radius 3 is 1.78 bits per heavy atom. The third-order valence-electron chi connectivity index (χ3n) is 5.66. The van der Waals surface area contributed by atoms with E-state index in [1.165, 1.54) is 11.1 Å². The molecule has 2 aromatic carbocycles. The van der Waals surface area contributed by atoms with Gasteiger partial charge in [0.2, 0.25) is 0 Å². The second-order valence-corrected chi connectivity index (χ2v) is 9.17. The smallest absolute Gasteiger partial charge is 0.414 e. The molecule has 0 aliphatic carbocycles. The van der Waals surface area contributed by atoms with Crippen molar-refractivity contribution in [3.8, 4) is 6.07 Å². The normalized spacial score (nSPS) is 13.3. The predicted octanol–water partition coefficient (Wildman–Crippen LogP) is 0.494. The van der Waals surface area contributed by atoms with Crippen LogP contribution >= 0.6 is 0 Å². The van der Waals surface area contributed by atoms with E-state index in [2.05, 4.69) is 75.8 Å². The average molecular weight is 649 g/mol. The van der Waals surface area contributed by atoms with Gasteiger partial charge in [-0.05, 0) is 23.3 Å². The lowest BCUT2D eigenvalue weighted by atomic mass is 10.1. The SMILES string of the molecule is CN(CCC#N)c1ccc(CNCC2CN(Cc3ccccc3)CCO2)cc1.O=C(O)C(=O)O.O=C(O)C(=O)O.O=C(O)C(=O)O. The molecular weight excluding hydrogens is 612 g/mol. The number of nitriles is 1. The summed E-state index contributed by atoms with van der Waals surface area (Å²) in [6.45, 7) is 6.18. The maximum atomic E-state index is 9.10. The van der Waals surface area contributed by atoms with Gasteiger partial charge in [-0.2, -0.15) is 5.26 Å². The second-order valence-electron chi connectivity index (χ2n) is 9.17. The molecule has 1 heterocycles. The Labute approximate surface area is 263 Å². The van der Waals surface area contributed by atoms with Gasteiger partial charge in [0.1, 0.15) is 0 Å². The van der Waals surface area contributed by atoms with Crippen molar-refractivity contribution in [3.05, 3.63) is 65.7 Å². The highest BCUT2D eigenvalue weighted by Gasteiger charge is 2.20. The van der Waals surface area contributed by atoms with Gasteiger partial charge in [0.05, 0.1) is 25.2 Å². The lowest BCUT2D eigenvalue weighted by Crippen LogP contribution is -2.46. The number of carboxylic acid groups (broad SMARTS) is 6. The summed E-state index contributed by atoms with van der Waals surface area (Å²) in [6, 6.07) is 21.3. The Morgan fingerprint density at radius 2 is 1.33 bits per heavy atom. The van der Waals surface area contributed by atoms with Crippen molar-refractivity contribution in [2.45, 2.75) is 25.6 Å². The molecule has 0 bridgehead atoms. The quantitative estimate of drug-likeness (QED) is 0.182. The first-order chi connectivity index (χ1) is 21.7. The molecule has 17 nitrogen and oxygen atoms in total. The van der Waals surface area contributed by atoms with Crippen LogP contribution in [0.25, 0.3) is 0 Å². The molecule has 2 aromatic rings. The van der Waals surface area contributed by atoms with Crippen molar-refractivity contribution in [2.24, 2.45) is 0 Å². The number of carboxylic acids is 6. The summed E-state index contributed by atoms with van der Waals surface area (Å²) in [4.78, 5) is 59.2. The van der Waals surface area contributed by atoms with Gasteiger partial charge in [0.15, 0.2) is 0 Å². The maximum Gasteiger partial charge on any atom is 0.414 e. The number of rotatable bonds is 9. The molecule has 1 aliphatic rings. The van der Waals surface area contributed by atoms with Crippen molar-refractivity contribution in [2.75, 3.05) is 44.7 Å². The molecule has 7 N–H and O–H groups in total. The fraction of sp³-hybridized carbons (Fsp3) is 0.345. The molecule has 1 saturated heterocycles. The van der Waals surface area contributed by atoms with E-state index in [0.29, 0.717) is 6.42 Å². The highest BCUT2D eigenvalue weighted by Crippen LogP contribution is 2.14. The summed E-state index contributed by atoms with van der Waals surface area (Å²) < 4.78 is 5.93. The first-order valence-electron chi connectivity index (χ1n) is 13.3. The predicted molar refractivity (Wildman–Crippen MR) is 159 cm³/mol. The Kier molecular flexibility index (Phi) is 20.1. The lowest BCUT2D eigenvalue weighted by molar-refractivity contribution is -0.159. The zero-order valence-corrected chi connectivity index (χ0v) is 24.8. The summed E-state index contributed by atoms with van der Waals surface area (Å²) >= 11 is 0. The number of carbonyl (C=O) groups is 6. The summed E-state index contributed by atoms with van der Waals surface area (Å²) in [6.07, 6.45) is 0.775. The molecule has 3 rings (SSSR count). The van der Waals surface area contributed by atoms with Crippen LogP contribution in [0, 0.1) is 11.3 Å². The van der Waals surface area contributed by atoms with E-state index in [1.807, 2.05) is 7.05 Å². The lowest BCUT2D eigenvalue weighted by Gasteiger charge is -2.33. The first-order valence-corrected chi connectivity index (χ1v) is 13.3. The minimum atomic E-state index is -1.82. The van der Waals surface area contributed by atoms with Gasteiger partial charge < -0.3 is 45.6 Å². The summed E-state index contributed by atoms with van der Waals surface area (Å²) in [7, 11) is 2.02. The van der Waals surface area contributed by atoms with Crippen LogP contribution < -0.4 is 10.2 Å². The Morgan fingerprint density at radius 1 is 0.826 bits per heavy atom. The van der Waals surface area contributed by atoms with Gasteiger partial charge in [-0.3, -0.25) is 4.90 Å². The molecular formula is C29H36N4O13. The number of benzene rings is 2. The van der Waals surface area contributed by atoms with E-state index in [-0.39, 0.29) is 6.10 Å². The molecule has 0 amide bonds. The van der Waals surface area contributed by atoms with Crippen LogP contribution in [-0.2, 0) is 46.6 Å². The number of anilines is 1. The van der Waals surface area contributed by atoms with Crippen LogP contribution in [0.15, 0.2) is 54.6 Å². The average Bonchev–Trinajstić information content (AvgIpc) is 3.01. The third-order valence-corrected chi connectivity index (χ3v) is 5.66. The molecule has 1 aliphatic heterocycles. The summed E-state index contributed by atoms with van der Waals surface area (Å²) in [5, 5.41) is 56.6. The Bertz CT molecular complexity index is 1220. The van der Waals surface area contributed by atoms with Crippen LogP contribution in [-0.4, -0.2) is 117 Å². The molecule has 1 unspecified atom stereocenters. The van der Waals surface area contributed by atoms with E-state index in [4.69, 9.17) is 69.4 Å². The van der Waals surface area contributed by atoms with Gasteiger partial charge in [-0.25, -0.2) is 28.8 Å². The largest absolute Gasteiger partial charge is 0.473 e. The highest BCUT2D eigenvalue weighted by molar-refractivity contribution is 6.28. The van der Waals surface area contributed by atoms with Gasteiger partial charge in [0.25, 0.3) is 0 Å². The molecule has 0 saturated carbocycles. The number of aliphatic carboxylic acids is 6. The van der Waals surface area contributed by atoms with Crippen LogP contribution in [0.4, 0.5) is 5.69 Å². The van der Waals surface area contributed by atoms with Crippen LogP contribution in [0.3, 0.4) is 0 Å². The Balaban J connectivity index is 0.000000919. The summed E-state index contributed by atoms with van der Waals surface area (Å²) in [5.41, 5.74) is 3.76. The van der Waals surface area contributed by atoms with E-state index >= 15 is 0 Å². The molecule has 0 spiro atoms. The fourth-order valence-corrected chi connectivity index (χ4v) is 3.48. The number of morpholine rings is 1. The number of ether oxygens (including phenoxy) is 1. The van der Waals surface area contributed by atoms with Crippen molar-refractivity contribution in [3.63, 3.8) is 0 Å². The van der Waals surface area contributed by atoms with Gasteiger partial charge >= 0.3 is 35.8 Å². The number of hydrogen-bond donors (Lipinski definition) is 7. The van der Waals surface area contributed by atoms with Crippen LogP contribution in [0.5, 0.6) is 0 Å². The molecule has 1 fully saturated rings. The minimum Gasteiger partial charge on any atom is -0.473 e. The molecule has 17 heteroatoms. The van der Waals surface area contributed by atoms with Crippen LogP contribution in [0.1, 0.15) is 17.5 Å². The standard InChI is InChI=1S/C23H30N4O.3C2H2O4/c1-26(13-5-12-24)22-10-8-20(9-11-22)16-25-17-23-19-27(14-15-28-23)18-21-6-3-2-4-7-21;3*3-1(4)2(5)6/h2-4,6-11,23,25H,5,13-19H2,1H3;3*(H,3,4)(H,5,6). The third kappa shape index (κ3) is 19.6. The fourth-order valence-electron chi connectivity index (χ4n) is 3.48. The van der Waals surface area contributed by atoms with Gasteiger partial charge in [-0.15, -0.1) is 0 Å². The van der Waals surface area contributed by atoms with Crippen LogP contribution in [0.2, 0.25) is 0 Å². The van der Waals surface area contributed by atoms with Gasteiger partial charge in [0, 0.05) is 52.0 Å². The van der Waals surface area contributed by atoms with E-state index in [0.717, 1.165) is 51.6 Å². The number of hydrogen-bond acceptors (Lipinski definition) is 11. The molecule has 0 aromatic heterocycles. The van der Waals surface area contributed by atoms with Gasteiger partial charge in [-0.1, -0.05) is 42.5 Å². The van der Waals surface area contributed by atoms with Crippen molar-refractivity contribution >= 4 is 41.5 Å². The maximum absolute atomic E-state index is 9.10. The topological polar surface area (TPSA) is 275 Å². The van der Waals surface area contributed by atoms with E-state index in [9.17, 15) is 0 Å². The monoisotopic (exact) mass is 648 g/mol. The van der Waals surface area contributed by atoms with Crippen molar-refractivity contribution in [1.29, 1.82) is 5.26 Å². The Hall–Kier alpha value is -5.57. The zero-order chi connectivity index (χ0) is 35.1. The number of nitrogens with zero attached hydrogens (tertiary/aromatic N) is 3. The van der Waals surface area contributed by atoms with Crippen molar-refractivity contribution in [1.82, 2.24) is 10.2 Å². The first kappa shape index (κ1) is 40.4. The molecule has 0 radical (unpaired) electrons. The van der Waals surface area contributed by atoms with E-state index in [1.54, 1.807) is 0 Å². The molecule has 46 heavy (non-hydrogen) atoms. The number of nitrogens with one attached hydrogen (secondary N) is 1. The highest BCUT2D eigenvalue weighted by atomic mass is 16.5. The van der Waals surface area contributed by atoms with E-state index < -0.39 is 35.8 Å². The second kappa shape index (κ2) is 22.9. The summed E-state index contributed by atoms with van der Waals surface area (Å²) in [5.74, 6) is -10.9. The van der Waals surface area contributed by atoms with Crippen molar-refractivity contribution < 1.29 is 64.1 Å².